The van der Waals surface area contributed by atoms with Gasteiger partial charge in [-0.1, -0.05) is 36.4 Å². The van der Waals surface area contributed by atoms with E-state index in [0.717, 1.165) is 37.1 Å². The number of methoxy groups -OCH3 is 1. The quantitative estimate of drug-likeness (QED) is 0.429. The fourth-order valence-electron chi connectivity index (χ4n) is 3.86. The van der Waals surface area contributed by atoms with Gasteiger partial charge in [-0.25, -0.2) is 9.59 Å². The van der Waals surface area contributed by atoms with Gasteiger partial charge in [-0.05, 0) is 76.0 Å². The Bertz CT molecular complexity index is 1070. The van der Waals surface area contributed by atoms with Gasteiger partial charge >= 0.3 is 12.1 Å². The Morgan fingerprint density at radius 2 is 1.54 bits per heavy atom. The number of nitrogens with zero attached hydrogens (tertiary/aromatic N) is 1. The molecule has 1 unspecified atom stereocenters. The molecule has 3 rings (SSSR count). The number of benzene rings is 2. The second-order valence-electron chi connectivity index (χ2n) is 9.33. The van der Waals surface area contributed by atoms with E-state index < -0.39 is 17.7 Å². The van der Waals surface area contributed by atoms with Gasteiger partial charge in [0.05, 0.1) is 18.5 Å². The molecule has 0 bridgehead atoms. The summed E-state index contributed by atoms with van der Waals surface area (Å²) >= 11 is 0. The lowest BCUT2D eigenvalue weighted by atomic mass is 10.0. The highest BCUT2D eigenvalue weighted by Gasteiger charge is 2.30. The third-order valence-corrected chi connectivity index (χ3v) is 5.43. The first-order valence-corrected chi connectivity index (χ1v) is 11.7. The lowest BCUT2D eigenvalue weighted by molar-refractivity contribution is -0.146. The fraction of sp³-hybridized carbons (Fsp3) is 0.370. The second kappa shape index (κ2) is 11.7. The number of para-hydroxylation sites is 2. The monoisotopic (exact) mass is 479 g/mol. The van der Waals surface area contributed by atoms with Crippen molar-refractivity contribution in [2.45, 2.75) is 45.3 Å². The van der Waals surface area contributed by atoms with Crippen LogP contribution in [0, 0.1) is 0 Å². The molecule has 1 atom stereocenters. The van der Waals surface area contributed by atoms with Crippen molar-refractivity contribution in [2.75, 3.05) is 30.8 Å². The topological polar surface area (TPSA) is 97.0 Å². The Kier molecular flexibility index (Phi) is 8.65. The highest BCUT2D eigenvalue weighted by Crippen LogP contribution is 2.27. The molecule has 0 aliphatic carbocycles. The van der Waals surface area contributed by atoms with E-state index in [2.05, 4.69) is 15.5 Å². The molecule has 2 amide bonds. The molecule has 0 spiro atoms. The minimum Gasteiger partial charge on any atom is -0.468 e. The highest BCUT2D eigenvalue weighted by atomic mass is 16.6. The molecule has 8 heteroatoms. The van der Waals surface area contributed by atoms with E-state index in [1.54, 1.807) is 51.1 Å². The number of rotatable bonds is 7. The van der Waals surface area contributed by atoms with E-state index in [1.165, 1.54) is 13.2 Å². The number of hydrogen-bond donors (Lipinski definition) is 2. The predicted molar refractivity (Wildman–Crippen MR) is 136 cm³/mol. The van der Waals surface area contributed by atoms with Crippen molar-refractivity contribution in [2.24, 2.45) is 0 Å². The molecule has 0 saturated carbocycles. The number of esters is 1. The Labute approximate surface area is 206 Å². The Morgan fingerprint density at radius 3 is 2.11 bits per heavy atom. The summed E-state index contributed by atoms with van der Waals surface area (Å²) in [6.45, 7) is 7.07. The summed E-state index contributed by atoms with van der Waals surface area (Å²) in [5.41, 5.74) is 1.93. The molecule has 2 aromatic carbocycles. The van der Waals surface area contributed by atoms with Gasteiger partial charge < -0.3 is 14.8 Å². The number of carbonyl (C=O) groups is 3. The molecule has 186 valence electrons. The second-order valence-corrected chi connectivity index (χ2v) is 9.33. The maximum Gasteiger partial charge on any atom is 0.412 e. The Morgan fingerprint density at radius 1 is 0.943 bits per heavy atom. The van der Waals surface area contributed by atoms with Gasteiger partial charge in [0.1, 0.15) is 11.6 Å². The third kappa shape index (κ3) is 7.68. The van der Waals surface area contributed by atoms with Gasteiger partial charge in [-0.2, -0.15) is 0 Å². The molecule has 1 heterocycles. The SMILES string of the molecule is COC(=O)C(c1ccc(/C=C/C(=O)Nc2ccccc2NC(=O)OC(C)(C)C)cc1)N1CCCC1. The number of likely N-dealkylation sites (tertiary alicyclic amines) is 1. The predicted octanol–water partition coefficient (Wildman–Crippen LogP) is 5.00. The van der Waals surface area contributed by atoms with Gasteiger partial charge in [0.15, 0.2) is 0 Å². The average molecular weight is 480 g/mol. The van der Waals surface area contributed by atoms with Crippen molar-refractivity contribution >= 4 is 35.4 Å². The van der Waals surface area contributed by atoms with Gasteiger partial charge in [-0.3, -0.25) is 15.0 Å². The van der Waals surface area contributed by atoms with Crippen LogP contribution >= 0.6 is 0 Å². The fourth-order valence-corrected chi connectivity index (χ4v) is 3.86. The highest BCUT2D eigenvalue weighted by molar-refractivity contribution is 6.05. The molecule has 1 fully saturated rings. The van der Waals surface area contributed by atoms with Crippen LogP contribution in [0.1, 0.15) is 50.8 Å². The van der Waals surface area contributed by atoms with Gasteiger partial charge in [0.25, 0.3) is 0 Å². The van der Waals surface area contributed by atoms with Gasteiger partial charge in [0, 0.05) is 6.08 Å². The van der Waals surface area contributed by atoms with E-state index in [-0.39, 0.29) is 11.9 Å². The van der Waals surface area contributed by atoms with E-state index in [0.29, 0.717) is 11.4 Å². The molecular weight excluding hydrogens is 446 g/mol. The number of amides is 2. The number of anilines is 2. The molecule has 0 radical (unpaired) electrons. The summed E-state index contributed by atoms with van der Waals surface area (Å²) in [6.07, 6.45) is 4.64. The zero-order valence-corrected chi connectivity index (χ0v) is 20.7. The summed E-state index contributed by atoms with van der Waals surface area (Å²) in [5, 5.41) is 5.43. The van der Waals surface area contributed by atoms with Crippen LogP contribution < -0.4 is 10.6 Å². The third-order valence-electron chi connectivity index (χ3n) is 5.43. The molecular formula is C27H33N3O5. The molecule has 8 nitrogen and oxygen atoms in total. The largest absolute Gasteiger partial charge is 0.468 e. The van der Waals surface area contributed by atoms with Crippen LogP contribution in [0.4, 0.5) is 16.2 Å². The molecule has 0 aromatic heterocycles. The lowest BCUT2D eigenvalue weighted by Crippen LogP contribution is -2.32. The van der Waals surface area contributed by atoms with E-state index in [4.69, 9.17) is 9.47 Å². The van der Waals surface area contributed by atoms with Crippen LogP contribution in [0.5, 0.6) is 0 Å². The Hall–Kier alpha value is -3.65. The standard InChI is InChI=1S/C27H33N3O5/c1-27(2,3)35-26(33)29-22-10-6-5-9-21(22)28-23(31)16-13-19-11-14-20(15-12-19)24(25(32)34-4)30-17-7-8-18-30/h5-6,9-16,24H,7-8,17-18H2,1-4H3,(H,28,31)(H,29,33)/b16-13+. The number of ether oxygens (including phenoxy) is 2. The number of carbonyl (C=O) groups excluding carboxylic acids is 3. The first-order valence-electron chi connectivity index (χ1n) is 11.7. The van der Waals surface area contributed by atoms with Crippen LogP contribution in [0.2, 0.25) is 0 Å². The Balaban J connectivity index is 1.64. The lowest BCUT2D eigenvalue weighted by Gasteiger charge is -2.25. The van der Waals surface area contributed by atoms with Crippen LogP contribution in [0.15, 0.2) is 54.6 Å². The van der Waals surface area contributed by atoms with E-state index >= 15 is 0 Å². The normalized spacial score (nSPS) is 15.0. The summed E-state index contributed by atoms with van der Waals surface area (Å²) < 4.78 is 10.3. The zero-order valence-electron chi connectivity index (χ0n) is 20.7. The van der Waals surface area contributed by atoms with Crippen molar-refractivity contribution in [3.63, 3.8) is 0 Å². The minimum absolute atomic E-state index is 0.270. The maximum absolute atomic E-state index is 12.5. The number of hydrogen-bond acceptors (Lipinski definition) is 6. The summed E-state index contributed by atoms with van der Waals surface area (Å²) in [4.78, 5) is 39.1. The van der Waals surface area contributed by atoms with Crippen molar-refractivity contribution < 1.29 is 23.9 Å². The summed E-state index contributed by atoms with van der Waals surface area (Å²) in [7, 11) is 1.41. The molecule has 1 saturated heterocycles. The first kappa shape index (κ1) is 26.0. The van der Waals surface area contributed by atoms with E-state index in [9.17, 15) is 14.4 Å². The van der Waals surface area contributed by atoms with Crippen LogP contribution in [0.3, 0.4) is 0 Å². The van der Waals surface area contributed by atoms with Crippen LogP contribution in [0.25, 0.3) is 6.08 Å². The molecule has 1 aliphatic rings. The zero-order chi connectivity index (χ0) is 25.4. The molecule has 35 heavy (non-hydrogen) atoms. The summed E-state index contributed by atoms with van der Waals surface area (Å²) in [5.74, 6) is -0.620. The molecule has 2 aromatic rings. The molecule has 2 N–H and O–H groups in total. The smallest absolute Gasteiger partial charge is 0.412 e. The van der Waals surface area contributed by atoms with Crippen LogP contribution in [-0.2, 0) is 19.1 Å². The van der Waals surface area contributed by atoms with Crippen molar-refractivity contribution in [3.05, 3.63) is 65.7 Å². The van der Waals surface area contributed by atoms with E-state index in [1.807, 2.05) is 24.3 Å². The van der Waals surface area contributed by atoms with Crippen molar-refractivity contribution in [1.29, 1.82) is 0 Å². The minimum atomic E-state index is -0.633. The summed E-state index contributed by atoms with van der Waals surface area (Å²) in [6, 6.07) is 14.0. The van der Waals surface area contributed by atoms with Gasteiger partial charge in [-0.15, -0.1) is 0 Å². The van der Waals surface area contributed by atoms with Crippen molar-refractivity contribution in [3.8, 4) is 0 Å². The number of nitrogens with one attached hydrogen (secondary N) is 2. The van der Waals surface area contributed by atoms with Crippen molar-refractivity contribution in [1.82, 2.24) is 4.90 Å². The maximum atomic E-state index is 12.5. The average Bonchev–Trinajstić information content (AvgIpc) is 3.33. The van der Waals surface area contributed by atoms with Gasteiger partial charge in [0.2, 0.25) is 5.91 Å². The molecule has 1 aliphatic heterocycles. The first-order chi connectivity index (χ1) is 16.7. The van der Waals surface area contributed by atoms with Crippen LogP contribution in [-0.4, -0.2) is 48.7 Å².